The zero-order valence-corrected chi connectivity index (χ0v) is 18.0. The van der Waals surface area contributed by atoms with Crippen LogP contribution in [0.15, 0.2) is 54.7 Å². The van der Waals surface area contributed by atoms with Crippen LogP contribution in [0.3, 0.4) is 0 Å². The van der Waals surface area contributed by atoms with E-state index in [0.717, 1.165) is 27.8 Å². The number of nitrogens with one attached hydrogen (secondary N) is 3. The van der Waals surface area contributed by atoms with Crippen molar-refractivity contribution in [3.05, 3.63) is 77.1 Å². The lowest BCUT2D eigenvalue weighted by atomic mass is 9.98. The van der Waals surface area contributed by atoms with Gasteiger partial charge < -0.3 is 20.5 Å². The van der Waals surface area contributed by atoms with Crippen molar-refractivity contribution in [2.45, 2.75) is 31.8 Å². The van der Waals surface area contributed by atoms with Crippen LogP contribution in [0, 0.1) is 6.92 Å². The van der Waals surface area contributed by atoms with Crippen molar-refractivity contribution >= 4 is 18.0 Å². The van der Waals surface area contributed by atoms with E-state index in [1.54, 1.807) is 6.20 Å². The number of carbonyl (C=O) groups excluding carboxylic acids is 2. The van der Waals surface area contributed by atoms with Crippen molar-refractivity contribution in [1.82, 2.24) is 20.8 Å². The van der Waals surface area contributed by atoms with E-state index in [0.29, 0.717) is 5.69 Å². The average Bonchev–Trinajstić information content (AvgIpc) is 3.36. The lowest BCUT2D eigenvalue weighted by Gasteiger charge is -2.18. The fraction of sp³-hybridized carbons (Fsp3) is 0.250. The monoisotopic (exact) mass is 448 g/mol. The standard InChI is InChI=1S/C24H24N4O5/c1-14-11-26-28-21(14)12-25-23(31)20(10-22(29)30)27-24(32)33-13-19-17-8-4-2-6-15(17)16-7-3-5-9-18(16)19/h2-9,11,19-20H,10,12-13H2,1H3,(H,25,31)(H,26,28)(H,27,32)(H,29,30). The van der Waals surface area contributed by atoms with Crippen molar-refractivity contribution in [3.8, 4) is 11.1 Å². The van der Waals surface area contributed by atoms with Crippen LogP contribution in [0.2, 0.25) is 0 Å². The first-order valence-electron chi connectivity index (χ1n) is 10.5. The maximum Gasteiger partial charge on any atom is 0.407 e. The average molecular weight is 448 g/mol. The minimum Gasteiger partial charge on any atom is -0.481 e. The van der Waals surface area contributed by atoms with Crippen LogP contribution in [0.5, 0.6) is 0 Å². The fourth-order valence-electron chi connectivity index (χ4n) is 4.02. The van der Waals surface area contributed by atoms with Crippen LogP contribution in [0.25, 0.3) is 11.1 Å². The van der Waals surface area contributed by atoms with Crippen LogP contribution in [0.1, 0.15) is 34.7 Å². The van der Waals surface area contributed by atoms with E-state index in [1.807, 2.05) is 55.5 Å². The van der Waals surface area contributed by atoms with Gasteiger partial charge in [-0.3, -0.25) is 14.7 Å². The van der Waals surface area contributed by atoms with Crippen molar-refractivity contribution in [2.75, 3.05) is 6.61 Å². The summed E-state index contributed by atoms with van der Waals surface area (Å²) in [7, 11) is 0. The molecule has 1 unspecified atom stereocenters. The predicted octanol–water partition coefficient (Wildman–Crippen LogP) is 2.72. The van der Waals surface area contributed by atoms with Crippen molar-refractivity contribution in [2.24, 2.45) is 0 Å². The van der Waals surface area contributed by atoms with Gasteiger partial charge in [0.2, 0.25) is 5.91 Å². The van der Waals surface area contributed by atoms with Crippen molar-refractivity contribution in [1.29, 1.82) is 0 Å². The molecule has 0 aliphatic heterocycles. The molecule has 2 aromatic carbocycles. The number of amides is 2. The molecule has 1 aromatic heterocycles. The molecular formula is C24H24N4O5. The molecule has 3 aromatic rings. The van der Waals surface area contributed by atoms with Crippen molar-refractivity contribution in [3.63, 3.8) is 0 Å². The lowest BCUT2D eigenvalue weighted by Crippen LogP contribution is -2.48. The van der Waals surface area contributed by atoms with Gasteiger partial charge in [0.15, 0.2) is 0 Å². The van der Waals surface area contributed by atoms with Gasteiger partial charge in [0.1, 0.15) is 12.6 Å². The summed E-state index contributed by atoms with van der Waals surface area (Å²) in [5, 5.41) is 20.8. The number of carboxylic acid groups (broad SMARTS) is 1. The molecule has 0 fully saturated rings. The second kappa shape index (κ2) is 9.56. The Kier molecular flexibility index (Phi) is 6.39. The summed E-state index contributed by atoms with van der Waals surface area (Å²) < 4.78 is 5.43. The first kappa shape index (κ1) is 22.1. The van der Waals surface area contributed by atoms with Crippen LogP contribution < -0.4 is 10.6 Å². The molecule has 0 radical (unpaired) electrons. The minimum absolute atomic E-state index is 0.0641. The highest BCUT2D eigenvalue weighted by Crippen LogP contribution is 2.44. The molecule has 9 nitrogen and oxygen atoms in total. The minimum atomic E-state index is -1.28. The van der Waals surface area contributed by atoms with Gasteiger partial charge >= 0.3 is 12.1 Å². The van der Waals surface area contributed by atoms with Gasteiger partial charge in [-0.2, -0.15) is 5.10 Å². The molecule has 1 aliphatic carbocycles. The normalized spacial score (nSPS) is 13.0. The number of carboxylic acids is 1. The molecule has 170 valence electrons. The van der Waals surface area contributed by atoms with E-state index in [1.165, 1.54) is 0 Å². The number of H-pyrrole nitrogens is 1. The van der Waals surface area contributed by atoms with Crippen LogP contribution >= 0.6 is 0 Å². The number of aliphatic carboxylic acids is 1. The molecule has 0 saturated carbocycles. The van der Waals surface area contributed by atoms with E-state index in [4.69, 9.17) is 4.74 Å². The van der Waals surface area contributed by atoms with Gasteiger partial charge in [-0.25, -0.2) is 4.79 Å². The summed E-state index contributed by atoms with van der Waals surface area (Å²) in [5.41, 5.74) is 5.86. The molecule has 0 spiro atoms. The molecule has 9 heteroatoms. The Bertz CT molecular complexity index is 1140. The number of fused-ring (bicyclic) bond motifs is 3. The molecule has 2 amide bonds. The molecule has 0 bridgehead atoms. The molecule has 1 atom stereocenters. The Hall–Kier alpha value is -4.14. The Labute approximate surface area is 190 Å². The van der Waals surface area contributed by atoms with Gasteiger partial charge in [-0.1, -0.05) is 48.5 Å². The number of hydrogen-bond acceptors (Lipinski definition) is 5. The Morgan fingerprint density at radius 3 is 2.30 bits per heavy atom. The van der Waals surface area contributed by atoms with Gasteiger partial charge in [-0.15, -0.1) is 0 Å². The Morgan fingerprint density at radius 2 is 1.73 bits per heavy atom. The predicted molar refractivity (Wildman–Crippen MR) is 119 cm³/mol. The van der Waals surface area contributed by atoms with Crippen molar-refractivity contribution < 1.29 is 24.2 Å². The zero-order valence-electron chi connectivity index (χ0n) is 18.0. The summed E-state index contributed by atoms with van der Waals surface area (Å²) in [6.45, 7) is 2.02. The molecule has 33 heavy (non-hydrogen) atoms. The van der Waals surface area contributed by atoms with Crippen LogP contribution in [-0.4, -0.2) is 45.9 Å². The smallest absolute Gasteiger partial charge is 0.407 e. The molecule has 4 rings (SSSR count). The largest absolute Gasteiger partial charge is 0.481 e. The van der Waals surface area contributed by atoms with Crippen LogP contribution in [-0.2, 0) is 20.9 Å². The zero-order chi connectivity index (χ0) is 23.4. The molecule has 1 heterocycles. The summed E-state index contributed by atoms with van der Waals surface area (Å²) in [6, 6.07) is 14.6. The molecule has 1 aliphatic rings. The fourth-order valence-corrected chi connectivity index (χ4v) is 4.02. The quantitative estimate of drug-likeness (QED) is 0.419. The number of alkyl carbamates (subject to hydrolysis) is 1. The Morgan fingerprint density at radius 1 is 1.09 bits per heavy atom. The number of benzene rings is 2. The number of aromatic amines is 1. The SMILES string of the molecule is Cc1cn[nH]c1CNC(=O)C(CC(=O)O)NC(=O)OCC1c2ccccc2-c2ccccc21. The first-order valence-corrected chi connectivity index (χ1v) is 10.5. The third-order valence-electron chi connectivity index (χ3n) is 5.70. The number of hydrogen-bond donors (Lipinski definition) is 4. The summed E-state index contributed by atoms with van der Waals surface area (Å²) in [4.78, 5) is 36.3. The molecule has 4 N–H and O–H groups in total. The molecule has 0 saturated heterocycles. The van der Waals surface area contributed by atoms with E-state index in [-0.39, 0.29) is 19.1 Å². The highest BCUT2D eigenvalue weighted by atomic mass is 16.5. The topological polar surface area (TPSA) is 133 Å². The van der Waals surface area contributed by atoms with E-state index >= 15 is 0 Å². The first-order chi connectivity index (χ1) is 15.9. The van der Waals surface area contributed by atoms with E-state index in [2.05, 4.69) is 20.8 Å². The molecular weight excluding hydrogens is 424 g/mol. The van der Waals surface area contributed by atoms with Gasteiger partial charge in [-0.05, 0) is 34.7 Å². The second-order valence-corrected chi connectivity index (χ2v) is 7.87. The number of ether oxygens (including phenoxy) is 1. The second-order valence-electron chi connectivity index (χ2n) is 7.87. The number of nitrogens with zero attached hydrogens (tertiary/aromatic N) is 1. The maximum absolute atomic E-state index is 12.5. The van der Waals surface area contributed by atoms with Crippen LogP contribution in [0.4, 0.5) is 4.79 Å². The van der Waals surface area contributed by atoms with E-state index in [9.17, 15) is 19.5 Å². The number of aromatic nitrogens is 2. The lowest BCUT2D eigenvalue weighted by molar-refractivity contribution is -0.139. The third kappa shape index (κ3) is 4.87. The summed E-state index contributed by atoms with van der Waals surface area (Å²) in [6.07, 6.45) is 0.194. The van der Waals surface area contributed by atoms with Gasteiger partial charge in [0, 0.05) is 5.92 Å². The van der Waals surface area contributed by atoms with Gasteiger partial charge in [0.25, 0.3) is 0 Å². The third-order valence-corrected chi connectivity index (χ3v) is 5.70. The number of aryl methyl sites for hydroxylation is 1. The highest BCUT2D eigenvalue weighted by Gasteiger charge is 2.30. The number of rotatable bonds is 8. The maximum atomic E-state index is 12.5. The Balaban J connectivity index is 1.39. The van der Waals surface area contributed by atoms with Gasteiger partial charge in [0.05, 0.1) is 24.9 Å². The summed E-state index contributed by atoms with van der Waals surface area (Å²) in [5.74, 6) is -1.98. The number of carbonyl (C=O) groups is 3. The van der Waals surface area contributed by atoms with E-state index < -0.39 is 30.4 Å². The summed E-state index contributed by atoms with van der Waals surface area (Å²) >= 11 is 0. The highest BCUT2D eigenvalue weighted by molar-refractivity contribution is 5.89.